The second kappa shape index (κ2) is 6.15. The molecular formula is C17H26N2O. The van der Waals surface area contributed by atoms with Gasteiger partial charge in [0, 0.05) is 6.04 Å². The molecule has 4 atom stereocenters. The number of ether oxygens (including phenoxy) is 1. The van der Waals surface area contributed by atoms with Crippen molar-refractivity contribution in [3.63, 3.8) is 0 Å². The SMILES string of the molecule is CCCOc1cccc(C(NN)C2CC3CCC2C3)c1. The second-order valence-corrected chi connectivity index (χ2v) is 6.40. The quantitative estimate of drug-likeness (QED) is 0.617. The van der Waals surface area contributed by atoms with Crippen molar-refractivity contribution in [1.29, 1.82) is 0 Å². The van der Waals surface area contributed by atoms with Gasteiger partial charge in [-0.25, -0.2) is 0 Å². The smallest absolute Gasteiger partial charge is 0.119 e. The van der Waals surface area contributed by atoms with Gasteiger partial charge in [0.2, 0.25) is 0 Å². The molecule has 1 aromatic rings. The molecule has 0 spiro atoms. The first-order valence-corrected chi connectivity index (χ1v) is 8.00. The van der Waals surface area contributed by atoms with E-state index in [0.717, 1.165) is 30.6 Å². The summed E-state index contributed by atoms with van der Waals surface area (Å²) in [6.07, 6.45) is 6.60. The van der Waals surface area contributed by atoms with Crippen molar-refractivity contribution in [2.75, 3.05) is 6.61 Å². The summed E-state index contributed by atoms with van der Waals surface area (Å²) in [6, 6.07) is 8.72. The summed E-state index contributed by atoms with van der Waals surface area (Å²) in [7, 11) is 0. The van der Waals surface area contributed by atoms with Gasteiger partial charge in [-0.15, -0.1) is 0 Å². The zero-order chi connectivity index (χ0) is 13.9. The van der Waals surface area contributed by atoms with E-state index in [1.54, 1.807) is 0 Å². The molecule has 3 N–H and O–H groups in total. The Morgan fingerprint density at radius 2 is 2.25 bits per heavy atom. The predicted octanol–water partition coefficient (Wildman–Crippen LogP) is 3.42. The number of benzene rings is 1. The van der Waals surface area contributed by atoms with Crippen molar-refractivity contribution in [2.45, 2.75) is 45.1 Å². The van der Waals surface area contributed by atoms with Crippen LogP contribution in [-0.4, -0.2) is 6.61 Å². The number of rotatable bonds is 6. The highest BCUT2D eigenvalue weighted by molar-refractivity contribution is 5.31. The molecular weight excluding hydrogens is 248 g/mol. The lowest BCUT2D eigenvalue weighted by molar-refractivity contribution is 0.251. The third-order valence-electron chi connectivity index (χ3n) is 5.09. The van der Waals surface area contributed by atoms with E-state index in [0.29, 0.717) is 5.92 Å². The van der Waals surface area contributed by atoms with Gasteiger partial charge in [0.25, 0.3) is 0 Å². The summed E-state index contributed by atoms with van der Waals surface area (Å²) in [5, 5.41) is 0. The molecule has 2 saturated carbocycles. The minimum absolute atomic E-state index is 0.274. The van der Waals surface area contributed by atoms with Gasteiger partial charge >= 0.3 is 0 Å². The molecule has 110 valence electrons. The average molecular weight is 274 g/mol. The molecule has 0 heterocycles. The molecule has 20 heavy (non-hydrogen) atoms. The van der Waals surface area contributed by atoms with Crippen molar-refractivity contribution in [3.05, 3.63) is 29.8 Å². The molecule has 0 aliphatic heterocycles. The van der Waals surface area contributed by atoms with Crippen LogP contribution >= 0.6 is 0 Å². The van der Waals surface area contributed by atoms with E-state index in [2.05, 4.69) is 30.5 Å². The largest absolute Gasteiger partial charge is 0.494 e. The first-order chi connectivity index (χ1) is 9.81. The van der Waals surface area contributed by atoms with Crippen molar-refractivity contribution >= 4 is 0 Å². The Hall–Kier alpha value is -1.06. The average Bonchev–Trinajstić information content (AvgIpc) is 3.09. The highest BCUT2D eigenvalue weighted by atomic mass is 16.5. The van der Waals surface area contributed by atoms with Crippen molar-refractivity contribution in [1.82, 2.24) is 5.43 Å². The summed E-state index contributed by atoms with van der Waals surface area (Å²) in [4.78, 5) is 0. The highest BCUT2D eigenvalue weighted by Crippen LogP contribution is 2.52. The minimum atomic E-state index is 0.274. The van der Waals surface area contributed by atoms with Gasteiger partial charge in [0.05, 0.1) is 6.61 Å². The molecule has 0 radical (unpaired) electrons. The van der Waals surface area contributed by atoms with Gasteiger partial charge in [-0.05, 0) is 61.1 Å². The van der Waals surface area contributed by atoms with Crippen molar-refractivity contribution in [3.8, 4) is 5.75 Å². The number of fused-ring (bicyclic) bond motifs is 2. The molecule has 3 heteroatoms. The zero-order valence-corrected chi connectivity index (χ0v) is 12.3. The van der Waals surface area contributed by atoms with Gasteiger partial charge in [0.1, 0.15) is 5.75 Å². The molecule has 0 amide bonds. The second-order valence-electron chi connectivity index (χ2n) is 6.40. The van der Waals surface area contributed by atoms with Crippen LogP contribution in [0.4, 0.5) is 0 Å². The minimum Gasteiger partial charge on any atom is -0.494 e. The fourth-order valence-corrected chi connectivity index (χ4v) is 4.19. The number of hydrogen-bond acceptors (Lipinski definition) is 3. The topological polar surface area (TPSA) is 47.3 Å². The molecule has 2 bridgehead atoms. The van der Waals surface area contributed by atoms with Crippen LogP contribution in [0.1, 0.15) is 50.6 Å². The lowest BCUT2D eigenvalue weighted by Gasteiger charge is -2.30. The van der Waals surface area contributed by atoms with Gasteiger partial charge in [0.15, 0.2) is 0 Å². The zero-order valence-electron chi connectivity index (χ0n) is 12.3. The standard InChI is InChI=1S/C17H26N2O/c1-2-8-20-15-5-3-4-14(11-15)17(19-18)16-10-12-6-7-13(16)9-12/h3-5,11-13,16-17,19H,2,6-10,18H2,1H3. The molecule has 2 aliphatic carbocycles. The van der Waals surface area contributed by atoms with Crippen LogP contribution in [0.25, 0.3) is 0 Å². The highest BCUT2D eigenvalue weighted by Gasteiger charge is 2.43. The first kappa shape index (κ1) is 13.9. The van der Waals surface area contributed by atoms with E-state index >= 15 is 0 Å². The Bertz CT molecular complexity index is 448. The van der Waals surface area contributed by atoms with E-state index in [-0.39, 0.29) is 6.04 Å². The lowest BCUT2D eigenvalue weighted by atomic mass is 9.81. The van der Waals surface area contributed by atoms with Crippen molar-refractivity contribution in [2.24, 2.45) is 23.6 Å². The molecule has 2 fully saturated rings. The number of hydrazine groups is 1. The maximum atomic E-state index is 5.88. The maximum Gasteiger partial charge on any atom is 0.119 e. The van der Waals surface area contributed by atoms with Crippen LogP contribution in [0, 0.1) is 17.8 Å². The molecule has 3 nitrogen and oxygen atoms in total. The van der Waals surface area contributed by atoms with E-state index in [1.807, 2.05) is 6.07 Å². The Morgan fingerprint density at radius 3 is 2.90 bits per heavy atom. The van der Waals surface area contributed by atoms with E-state index < -0.39 is 0 Å². The Kier molecular flexibility index (Phi) is 4.27. The number of hydrogen-bond donors (Lipinski definition) is 2. The summed E-state index contributed by atoms with van der Waals surface area (Å²) in [5.41, 5.74) is 4.35. The molecule has 3 rings (SSSR count). The van der Waals surface area contributed by atoms with Gasteiger partial charge < -0.3 is 4.74 Å². The lowest BCUT2D eigenvalue weighted by Crippen LogP contribution is -2.35. The fraction of sp³-hybridized carbons (Fsp3) is 0.647. The first-order valence-electron chi connectivity index (χ1n) is 8.00. The van der Waals surface area contributed by atoms with Crippen LogP contribution in [0.5, 0.6) is 5.75 Å². The third kappa shape index (κ3) is 2.70. The van der Waals surface area contributed by atoms with Crippen LogP contribution in [0.3, 0.4) is 0 Å². The van der Waals surface area contributed by atoms with E-state index in [1.165, 1.54) is 31.2 Å². The Labute approximate surface area is 121 Å². The van der Waals surface area contributed by atoms with Crippen LogP contribution in [0.2, 0.25) is 0 Å². The fourth-order valence-electron chi connectivity index (χ4n) is 4.19. The van der Waals surface area contributed by atoms with Gasteiger partial charge in [-0.3, -0.25) is 11.3 Å². The Morgan fingerprint density at radius 1 is 1.35 bits per heavy atom. The summed E-state index contributed by atoms with van der Waals surface area (Å²) in [6.45, 7) is 2.90. The maximum absolute atomic E-state index is 5.88. The van der Waals surface area contributed by atoms with E-state index in [9.17, 15) is 0 Å². The predicted molar refractivity (Wildman–Crippen MR) is 81.2 cm³/mol. The van der Waals surface area contributed by atoms with Crippen LogP contribution in [0.15, 0.2) is 24.3 Å². The van der Waals surface area contributed by atoms with Crippen molar-refractivity contribution < 1.29 is 4.74 Å². The van der Waals surface area contributed by atoms with Crippen LogP contribution < -0.4 is 16.0 Å². The Balaban J connectivity index is 1.75. The van der Waals surface area contributed by atoms with E-state index in [4.69, 9.17) is 10.6 Å². The summed E-state index contributed by atoms with van der Waals surface area (Å²) < 4.78 is 5.75. The summed E-state index contributed by atoms with van der Waals surface area (Å²) in [5.74, 6) is 9.34. The molecule has 0 saturated heterocycles. The molecule has 2 aliphatic rings. The van der Waals surface area contributed by atoms with Gasteiger partial charge in [-0.2, -0.15) is 0 Å². The number of nitrogens with one attached hydrogen (secondary N) is 1. The molecule has 0 aromatic heterocycles. The molecule has 1 aromatic carbocycles. The number of nitrogens with two attached hydrogens (primary N) is 1. The third-order valence-corrected chi connectivity index (χ3v) is 5.09. The molecule has 4 unspecified atom stereocenters. The normalized spacial score (nSPS) is 29.6. The summed E-state index contributed by atoms with van der Waals surface area (Å²) >= 11 is 0. The van der Waals surface area contributed by atoms with Gasteiger partial charge in [-0.1, -0.05) is 25.5 Å². The van der Waals surface area contributed by atoms with Crippen LogP contribution in [-0.2, 0) is 0 Å². The monoisotopic (exact) mass is 274 g/mol.